The van der Waals surface area contributed by atoms with Crippen molar-refractivity contribution < 1.29 is 4.79 Å². The van der Waals surface area contributed by atoms with E-state index in [4.69, 9.17) is 23.8 Å². The van der Waals surface area contributed by atoms with Crippen molar-refractivity contribution in [2.75, 3.05) is 5.32 Å². The minimum atomic E-state index is -0.320. The fraction of sp³-hybridized carbons (Fsp3) is 0.158. The van der Waals surface area contributed by atoms with Gasteiger partial charge in [-0.15, -0.1) is 0 Å². The maximum Gasteiger partial charge on any atom is 0.262 e. The first-order chi connectivity index (χ1) is 11.9. The van der Waals surface area contributed by atoms with Crippen LogP contribution in [0.1, 0.15) is 30.9 Å². The van der Waals surface area contributed by atoms with Crippen molar-refractivity contribution in [3.63, 3.8) is 0 Å². The minimum absolute atomic E-state index is 0.307. The molecule has 0 fully saturated rings. The van der Waals surface area contributed by atoms with Crippen molar-refractivity contribution in [1.29, 1.82) is 0 Å². The highest BCUT2D eigenvalue weighted by Crippen LogP contribution is 2.17. The summed E-state index contributed by atoms with van der Waals surface area (Å²) in [6.45, 7) is 4.28. The van der Waals surface area contributed by atoms with E-state index >= 15 is 0 Å². The molecule has 4 nitrogen and oxygen atoms in total. The average Bonchev–Trinajstić information content (AvgIpc) is 2.58. The normalized spacial score (nSPS) is 10.7. The Morgan fingerprint density at radius 1 is 1.12 bits per heavy atom. The van der Waals surface area contributed by atoms with Crippen LogP contribution in [-0.2, 0) is 4.79 Å². The van der Waals surface area contributed by atoms with Crippen LogP contribution in [0.25, 0.3) is 6.08 Å². The Bertz CT molecular complexity index is 772. The number of hydrogen-bond acceptors (Lipinski definition) is 2. The van der Waals surface area contributed by atoms with Crippen LogP contribution in [-0.4, -0.2) is 11.0 Å². The van der Waals surface area contributed by atoms with Crippen molar-refractivity contribution in [2.24, 2.45) is 0 Å². The molecule has 2 aromatic carbocycles. The summed E-state index contributed by atoms with van der Waals surface area (Å²) in [4.78, 5) is 11.8. The molecule has 1 amide bonds. The van der Waals surface area contributed by atoms with Gasteiger partial charge in [0.15, 0.2) is 5.11 Å². The third kappa shape index (κ3) is 6.57. The second kappa shape index (κ2) is 9.20. The second-order valence-electron chi connectivity index (χ2n) is 5.73. The first-order valence-electron chi connectivity index (χ1n) is 7.84. The van der Waals surface area contributed by atoms with Gasteiger partial charge >= 0.3 is 0 Å². The molecule has 0 radical (unpaired) electrons. The summed E-state index contributed by atoms with van der Waals surface area (Å²) < 4.78 is 0. The van der Waals surface area contributed by atoms with Gasteiger partial charge in [-0.2, -0.15) is 0 Å². The number of nitrogens with one attached hydrogen (secondary N) is 3. The fourth-order valence-corrected chi connectivity index (χ4v) is 2.42. The number of benzene rings is 2. The molecule has 25 heavy (non-hydrogen) atoms. The van der Waals surface area contributed by atoms with E-state index in [2.05, 4.69) is 30.0 Å². The topological polar surface area (TPSA) is 53.2 Å². The fourth-order valence-electron chi connectivity index (χ4n) is 2.06. The highest BCUT2D eigenvalue weighted by molar-refractivity contribution is 7.80. The molecule has 0 heterocycles. The Morgan fingerprint density at radius 2 is 1.84 bits per heavy atom. The van der Waals surface area contributed by atoms with Gasteiger partial charge in [-0.05, 0) is 59.6 Å². The minimum Gasteiger partial charge on any atom is -0.331 e. The molecular weight excluding hydrogens is 354 g/mol. The lowest BCUT2D eigenvalue weighted by molar-refractivity contribution is -0.116. The van der Waals surface area contributed by atoms with Gasteiger partial charge < -0.3 is 5.32 Å². The van der Waals surface area contributed by atoms with Crippen LogP contribution < -0.4 is 16.2 Å². The van der Waals surface area contributed by atoms with Crippen LogP contribution in [0.4, 0.5) is 5.69 Å². The lowest BCUT2D eigenvalue weighted by atomic mass is 10.0. The van der Waals surface area contributed by atoms with E-state index in [1.165, 1.54) is 11.6 Å². The summed E-state index contributed by atoms with van der Waals surface area (Å²) in [5.41, 5.74) is 8.11. The Morgan fingerprint density at radius 3 is 2.48 bits per heavy atom. The summed E-state index contributed by atoms with van der Waals surface area (Å²) in [6.07, 6.45) is 3.07. The van der Waals surface area contributed by atoms with Crippen molar-refractivity contribution in [2.45, 2.75) is 19.8 Å². The number of anilines is 1. The monoisotopic (exact) mass is 373 g/mol. The van der Waals surface area contributed by atoms with E-state index in [1.54, 1.807) is 18.2 Å². The van der Waals surface area contributed by atoms with Gasteiger partial charge in [0.25, 0.3) is 5.91 Å². The van der Waals surface area contributed by atoms with Crippen LogP contribution in [0, 0.1) is 0 Å². The molecule has 0 saturated carbocycles. The first kappa shape index (κ1) is 19.0. The second-order valence-corrected chi connectivity index (χ2v) is 6.58. The van der Waals surface area contributed by atoms with Gasteiger partial charge in [-0.25, -0.2) is 0 Å². The standard InChI is InChI=1S/C19H20ClN3OS/c1-13(2)15-7-9-17(10-8-15)21-19(25)23-22-18(24)11-6-14-4-3-5-16(20)12-14/h3-13H,1-2H3,(H,22,24)(H2,21,23,25)/b11-6+. The summed E-state index contributed by atoms with van der Waals surface area (Å²) >= 11 is 11.0. The van der Waals surface area contributed by atoms with Gasteiger partial charge in [-0.3, -0.25) is 15.6 Å². The van der Waals surface area contributed by atoms with Crippen LogP contribution in [0.15, 0.2) is 54.6 Å². The maximum absolute atomic E-state index is 11.8. The molecule has 0 aliphatic carbocycles. The van der Waals surface area contributed by atoms with Gasteiger partial charge in [0.2, 0.25) is 0 Å². The summed E-state index contributed by atoms with van der Waals surface area (Å²) in [5, 5.41) is 3.94. The van der Waals surface area contributed by atoms with E-state index in [0.717, 1.165) is 11.3 Å². The lowest BCUT2D eigenvalue weighted by Gasteiger charge is -2.11. The summed E-state index contributed by atoms with van der Waals surface area (Å²) in [7, 11) is 0. The van der Waals surface area contributed by atoms with E-state index < -0.39 is 0 Å². The molecule has 2 aromatic rings. The molecule has 6 heteroatoms. The molecule has 0 saturated heterocycles. The number of halogens is 1. The van der Waals surface area contributed by atoms with Crippen LogP contribution >= 0.6 is 23.8 Å². The first-order valence-corrected chi connectivity index (χ1v) is 8.63. The molecule has 0 unspecified atom stereocenters. The number of amides is 1. The van der Waals surface area contributed by atoms with Crippen molar-refractivity contribution in [1.82, 2.24) is 10.9 Å². The lowest BCUT2D eigenvalue weighted by Crippen LogP contribution is -2.43. The SMILES string of the molecule is CC(C)c1ccc(NC(=S)NNC(=O)/C=C/c2cccc(Cl)c2)cc1. The molecule has 0 bridgehead atoms. The number of rotatable bonds is 4. The third-order valence-corrected chi connectivity index (χ3v) is 3.85. The van der Waals surface area contributed by atoms with Gasteiger partial charge in [-0.1, -0.05) is 49.7 Å². The van der Waals surface area contributed by atoms with Crippen LogP contribution in [0.5, 0.6) is 0 Å². The zero-order valence-electron chi connectivity index (χ0n) is 14.0. The zero-order chi connectivity index (χ0) is 18.2. The highest BCUT2D eigenvalue weighted by Gasteiger charge is 2.01. The largest absolute Gasteiger partial charge is 0.331 e. The number of thiocarbonyl (C=S) groups is 1. The Hall–Kier alpha value is -2.37. The van der Waals surface area contributed by atoms with E-state index in [-0.39, 0.29) is 5.91 Å². The van der Waals surface area contributed by atoms with Crippen molar-refractivity contribution in [3.8, 4) is 0 Å². The summed E-state index contributed by atoms with van der Waals surface area (Å²) in [5.74, 6) is 0.156. The Labute approximate surface area is 158 Å². The smallest absolute Gasteiger partial charge is 0.262 e. The number of carbonyl (C=O) groups is 1. The number of hydrazine groups is 1. The molecule has 0 spiro atoms. The van der Waals surface area contributed by atoms with Crippen molar-refractivity contribution >= 4 is 46.6 Å². The average molecular weight is 374 g/mol. The quantitative estimate of drug-likeness (QED) is 0.419. The molecule has 0 atom stereocenters. The van der Waals surface area contributed by atoms with E-state index in [0.29, 0.717) is 16.1 Å². The molecular formula is C19H20ClN3OS. The molecule has 3 N–H and O–H groups in total. The summed E-state index contributed by atoms with van der Waals surface area (Å²) in [6, 6.07) is 15.2. The molecule has 0 aromatic heterocycles. The molecule has 2 rings (SSSR count). The predicted molar refractivity (Wildman–Crippen MR) is 109 cm³/mol. The molecule has 0 aliphatic heterocycles. The third-order valence-electron chi connectivity index (χ3n) is 3.41. The molecule has 130 valence electrons. The number of hydrogen-bond donors (Lipinski definition) is 3. The predicted octanol–water partition coefficient (Wildman–Crippen LogP) is 4.49. The van der Waals surface area contributed by atoms with E-state index in [9.17, 15) is 4.79 Å². The van der Waals surface area contributed by atoms with Crippen LogP contribution in [0.2, 0.25) is 5.02 Å². The van der Waals surface area contributed by atoms with Gasteiger partial charge in [0.05, 0.1) is 0 Å². The highest BCUT2D eigenvalue weighted by atomic mass is 35.5. The zero-order valence-corrected chi connectivity index (χ0v) is 15.6. The Balaban J connectivity index is 1.80. The van der Waals surface area contributed by atoms with Gasteiger partial charge in [0, 0.05) is 16.8 Å². The van der Waals surface area contributed by atoms with Crippen LogP contribution in [0.3, 0.4) is 0 Å². The number of carbonyl (C=O) groups excluding carboxylic acids is 1. The molecule has 0 aliphatic rings. The van der Waals surface area contributed by atoms with Gasteiger partial charge in [0.1, 0.15) is 0 Å². The van der Waals surface area contributed by atoms with Crippen molar-refractivity contribution in [3.05, 3.63) is 70.8 Å². The van der Waals surface area contributed by atoms with E-state index in [1.807, 2.05) is 36.4 Å². The Kier molecular flexibility index (Phi) is 6.98. The maximum atomic E-state index is 11.8.